The minimum Gasteiger partial charge on any atom is -0.352 e. The third-order valence-corrected chi connectivity index (χ3v) is 2.66. The first-order valence-corrected chi connectivity index (χ1v) is 6.20. The first-order valence-electron chi connectivity index (χ1n) is 6.20. The second-order valence-corrected chi connectivity index (χ2v) is 4.16. The number of nitrogens with one attached hydrogen (secondary N) is 1. The summed E-state index contributed by atoms with van der Waals surface area (Å²) in [7, 11) is 0. The largest absolute Gasteiger partial charge is 0.352 e. The number of aromatic nitrogens is 6. The predicted octanol–water partition coefficient (Wildman–Crippen LogP) is 1.01. The van der Waals surface area contributed by atoms with Crippen LogP contribution >= 0.6 is 0 Å². The van der Waals surface area contributed by atoms with Gasteiger partial charge in [0.25, 0.3) is 0 Å². The molecular formula is C12H13N7O. The molecule has 0 atom stereocenters. The van der Waals surface area contributed by atoms with Gasteiger partial charge in [0.1, 0.15) is 0 Å². The number of nitrogens with zero attached hydrogens (tertiary/aromatic N) is 6. The molecule has 0 fully saturated rings. The smallest absolute Gasteiger partial charge is 0.247 e. The number of tetrazole rings is 1. The van der Waals surface area contributed by atoms with Gasteiger partial charge < -0.3 is 9.84 Å². The highest BCUT2D eigenvalue weighted by atomic mass is 16.5. The summed E-state index contributed by atoms with van der Waals surface area (Å²) >= 11 is 0. The second kappa shape index (κ2) is 5.47. The second-order valence-electron chi connectivity index (χ2n) is 4.16. The van der Waals surface area contributed by atoms with Gasteiger partial charge in [-0.05, 0) is 29.5 Å². The van der Waals surface area contributed by atoms with Crippen molar-refractivity contribution in [2.24, 2.45) is 0 Å². The summed E-state index contributed by atoms with van der Waals surface area (Å²) in [5.41, 5.74) is 0.897. The molecule has 0 aliphatic rings. The fraction of sp³-hybridized carbons (Fsp3) is 0.250. The van der Waals surface area contributed by atoms with Crippen molar-refractivity contribution in [2.75, 3.05) is 11.9 Å². The summed E-state index contributed by atoms with van der Waals surface area (Å²) in [5.74, 6) is 1.80. The van der Waals surface area contributed by atoms with Crippen LogP contribution in [0.3, 0.4) is 0 Å². The summed E-state index contributed by atoms with van der Waals surface area (Å²) in [6.45, 7) is 2.39. The van der Waals surface area contributed by atoms with Crippen LogP contribution in [0.4, 0.5) is 5.95 Å². The number of rotatable bonds is 5. The van der Waals surface area contributed by atoms with E-state index in [0.717, 1.165) is 5.69 Å². The molecule has 3 rings (SSSR count). The van der Waals surface area contributed by atoms with Gasteiger partial charge in [-0.2, -0.15) is 9.67 Å². The van der Waals surface area contributed by atoms with E-state index in [-0.39, 0.29) is 0 Å². The van der Waals surface area contributed by atoms with Crippen LogP contribution in [0.15, 0.2) is 34.9 Å². The van der Waals surface area contributed by atoms with E-state index in [1.165, 1.54) is 0 Å². The van der Waals surface area contributed by atoms with Crippen LogP contribution in [0.1, 0.15) is 11.7 Å². The summed E-state index contributed by atoms with van der Waals surface area (Å²) < 4.78 is 6.68. The van der Waals surface area contributed by atoms with E-state index in [9.17, 15) is 0 Å². The lowest BCUT2D eigenvalue weighted by Crippen LogP contribution is -2.10. The topological polar surface area (TPSA) is 94.5 Å². The molecule has 0 amide bonds. The molecule has 0 saturated heterocycles. The molecule has 2 aromatic heterocycles. The van der Waals surface area contributed by atoms with Gasteiger partial charge in [0.2, 0.25) is 11.8 Å². The molecule has 0 aliphatic carbocycles. The van der Waals surface area contributed by atoms with Gasteiger partial charge in [-0.1, -0.05) is 28.5 Å². The van der Waals surface area contributed by atoms with Gasteiger partial charge in [0.15, 0.2) is 5.82 Å². The molecule has 3 aromatic rings. The molecule has 0 spiro atoms. The molecule has 8 nitrogen and oxygen atoms in total. The molecule has 0 radical (unpaired) electrons. The summed E-state index contributed by atoms with van der Waals surface area (Å²) in [5, 5.41) is 18.5. The average Bonchev–Trinajstić information content (AvgIpc) is 3.09. The van der Waals surface area contributed by atoms with Crippen molar-refractivity contribution >= 4 is 5.95 Å². The Balaban J connectivity index is 1.65. The molecule has 1 N–H and O–H groups in total. The molecule has 0 unspecified atom stereocenters. The van der Waals surface area contributed by atoms with E-state index in [2.05, 4.69) is 31.0 Å². The summed E-state index contributed by atoms with van der Waals surface area (Å²) in [6.07, 6.45) is 0.614. The van der Waals surface area contributed by atoms with Crippen molar-refractivity contribution in [1.82, 2.24) is 30.3 Å². The molecule has 20 heavy (non-hydrogen) atoms. The lowest BCUT2D eigenvalue weighted by molar-refractivity contribution is 0.377. The molecule has 0 saturated carbocycles. The maximum Gasteiger partial charge on any atom is 0.247 e. The number of hydrogen-bond donors (Lipinski definition) is 1. The predicted molar refractivity (Wildman–Crippen MR) is 70.4 cm³/mol. The van der Waals surface area contributed by atoms with E-state index in [1.807, 2.05) is 30.3 Å². The fourth-order valence-electron chi connectivity index (χ4n) is 1.76. The zero-order valence-electron chi connectivity index (χ0n) is 10.9. The molecule has 2 heterocycles. The van der Waals surface area contributed by atoms with Gasteiger partial charge in [-0.15, -0.1) is 0 Å². The van der Waals surface area contributed by atoms with Crippen molar-refractivity contribution in [3.05, 3.63) is 42.0 Å². The fourth-order valence-corrected chi connectivity index (χ4v) is 1.76. The minimum atomic E-state index is 0.576. The number of hydrogen-bond acceptors (Lipinski definition) is 7. The molecule has 8 heteroatoms. The molecule has 0 aliphatic heterocycles. The Kier molecular flexibility index (Phi) is 3.36. The Morgan fingerprint density at radius 1 is 1.25 bits per heavy atom. The van der Waals surface area contributed by atoms with Gasteiger partial charge in [-0.25, -0.2) is 0 Å². The highest BCUT2D eigenvalue weighted by Crippen LogP contribution is 2.10. The Morgan fingerprint density at radius 2 is 2.10 bits per heavy atom. The molecule has 102 valence electrons. The highest BCUT2D eigenvalue weighted by molar-refractivity contribution is 5.38. The van der Waals surface area contributed by atoms with Crippen molar-refractivity contribution < 1.29 is 4.52 Å². The van der Waals surface area contributed by atoms with E-state index in [0.29, 0.717) is 30.6 Å². The first-order chi connectivity index (χ1) is 9.83. The van der Waals surface area contributed by atoms with Crippen molar-refractivity contribution in [1.29, 1.82) is 0 Å². The number of anilines is 1. The standard InChI is InChI=1S/C12H13N7O/c1-9-14-11(20-16-9)7-8-13-12-15-17-18-19(12)10-5-3-2-4-6-10/h2-6H,7-8H2,1H3,(H,13,15,18). The van der Waals surface area contributed by atoms with Crippen LogP contribution in [0.25, 0.3) is 5.69 Å². The number of benzene rings is 1. The van der Waals surface area contributed by atoms with Crippen LogP contribution in [-0.4, -0.2) is 36.9 Å². The normalized spacial score (nSPS) is 10.7. The average molecular weight is 271 g/mol. The first kappa shape index (κ1) is 12.3. The van der Waals surface area contributed by atoms with Crippen molar-refractivity contribution in [3.63, 3.8) is 0 Å². The molecular weight excluding hydrogens is 258 g/mol. The van der Waals surface area contributed by atoms with Crippen LogP contribution in [0.2, 0.25) is 0 Å². The van der Waals surface area contributed by atoms with Crippen molar-refractivity contribution in [3.8, 4) is 5.69 Å². The van der Waals surface area contributed by atoms with Gasteiger partial charge in [0, 0.05) is 13.0 Å². The SMILES string of the molecule is Cc1noc(CCNc2nnnn2-c2ccccc2)n1. The van der Waals surface area contributed by atoms with Crippen LogP contribution in [0.5, 0.6) is 0 Å². The summed E-state index contributed by atoms with van der Waals surface area (Å²) in [6, 6.07) is 9.68. The Labute approximate surface area is 114 Å². The van der Waals surface area contributed by atoms with Gasteiger partial charge in [0.05, 0.1) is 5.69 Å². The highest BCUT2D eigenvalue weighted by Gasteiger charge is 2.08. The quantitative estimate of drug-likeness (QED) is 0.739. The zero-order chi connectivity index (χ0) is 13.8. The summed E-state index contributed by atoms with van der Waals surface area (Å²) in [4.78, 5) is 4.13. The van der Waals surface area contributed by atoms with E-state index >= 15 is 0 Å². The van der Waals surface area contributed by atoms with Gasteiger partial charge in [-0.3, -0.25) is 0 Å². The Hall–Kier alpha value is -2.77. The van der Waals surface area contributed by atoms with E-state index in [4.69, 9.17) is 4.52 Å². The molecule has 1 aromatic carbocycles. The lowest BCUT2D eigenvalue weighted by atomic mass is 10.3. The molecule has 0 bridgehead atoms. The monoisotopic (exact) mass is 271 g/mol. The third-order valence-electron chi connectivity index (χ3n) is 2.66. The zero-order valence-corrected chi connectivity index (χ0v) is 10.9. The maximum atomic E-state index is 5.04. The number of aryl methyl sites for hydroxylation is 1. The van der Waals surface area contributed by atoms with Crippen LogP contribution in [-0.2, 0) is 6.42 Å². The number of para-hydroxylation sites is 1. The Bertz CT molecular complexity index is 676. The third kappa shape index (κ3) is 2.63. The van der Waals surface area contributed by atoms with Crippen LogP contribution < -0.4 is 5.32 Å². The lowest BCUT2D eigenvalue weighted by Gasteiger charge is -2.05. The van der Waals surface area contributed by atoms with E-state index < -0.39 is 0 Å². The maximum absolute atomic E-state index is 5.04. The minimum absolute atomic E-state index is 0.576. The van der Waals surface area contributed by atoms with Crippen molar-refractivity contribution in [2.45, 2.75) is 13.3 Å². The van der Waals surface area contributed by atoms with Gasteiger partial charge >= 0.3 is 0 Å². The van der Waals surface area contributed by atoms with E-state index in [1.54, 1.807) is 11.6 Å². The Morgan fingerprint density at radius 3 is 2.85 bits per heavy atom. The van der Waals surface area contributed by atoms with Crippen LogP contribution in [0, 0.1) is 6.92 Å².